The Morgan fingerprint density at radius 3 is 2.84 bits per heavy atom. The highest BCUT2D eigenvalue weighted by Gasteiger charge is 2.07. The summed E-state index contributed by atoms with van der Waals surface area (Å²) in [5.41, 5.74) is 2.86. The number of rotatable bonds is 5. The third kappa shape index (κ3) is 3.05. The maximum absolute atomic E-state index is 13.6. The van der Waals surface area contributed by atoms with E-state index in [1.165, 1.54) is 13.2 Å². The van der Waals surface area contributed by atoms with Gasteiger partial charge in [-0.15, -0.1) is 0 Å². The summed E-state index contributed by atoms with van der Waals surface area (Å²) >= 11 is 0. The Morgan fingerprint density at radius 2 is 2.21 bits per heavy atom. The molecule has 0 saturated carbocycles. The van der Waals surface area contributed by atoms with Crippen LogP contribution in [0, 0.1) is 5.82 Å². The van der Waals surface area contributed by atoms with E-state index in [0.29, 0.717) is 6.54 Å². The van der Waals surface area contributed by atoms with Crippen LogP contribution in [0.2, 0.25) is 0 Å². The molecule has 19 heavy (non-hydrogen) atoms. The first kappa shape index (κ1) is 13.4. The van der Waals surface area contributed by atoms with E-state index in [1.54, 1.807) is 10.7 Å². The average molecular weight is 263 g/mol. The van der Waals surface area contributed by atoms with Crippen LogP contribution in [-0.2, 0) is 20.0 Å². The molecule has 2 rings (SSSR count). The summed E-state index contributed by atoms with van der Waals surface area (Å²) in [5, 5.41) is 7.62. The minimum absolute atomic E-state index is 0.263. The maximum Gasteiger partial charge on any atom is 0.165 e. The van der Waals surface area contributed by atoms with Crippen molar-refractivity contribution < 1.29 is 9.13 Å². The number of halogens is 1. The van der Waals surface area contributed by atoms with Crippen molar-refractivity contribution in [2.75, 3.05) is 12.4 Å². The Bertz CT molecular complexity index is 566. The molecular formula is C14H18FN3O. The fourth-order valence-electron chi connectivity index (χ4n) is 1.96. The Morgan fingerprint density at radius 1 is 1.42 bits per heavy atom. The second-order valence-corrected chi connectivity index (χ2v) is 4.34. The van der Waals surface area contributed by atoms with Gasteiger partial charge in [0, 0.05) is 19.8 Å². The van der Waals surface area contributed by atoms with Crippen molar-refractivity contribution in [3.63, 3.8) is 0 Å². The van der Waals surface area contributed by atoms with Crippen LogP contribution in [0.1, 0.15) is 18.2 Å². The monoisotopic (exact) mass is 263 g/mol. The van der Waals surface area contributed by atoms with Crippen LogP contribution in [0.25, 0.3) is 0 Å². The number of aryl methyl sites for hydroxylation is 2. The third-order valence-electron chi connectivity index (χ3n) is 2.94. The smallest absolute Gasteiger partial charge is 0.165 e. The predicted molar refractivity (Wildman–Crippen MR) is 72.9 cm³/mol. The van der Waals surface area contributed by atoms with Gasteiger partial charge in [-0.2, -0.15) is 5.10 Å². The van der Waals surface area contributed by atoms with Gasteiger partial charge in [0.2, 0.25) is 0 Å². The molecule has 0 bridgehead atoms. The van der Waals surface area contributed by atoms with Crippen molar-refractivity contribution in [1.82, 2.24) is 9.78 Å². The van der Waals surface area contributed by atoms with Crippen molar-refractivity contribution in [2.45, 2.75) is 19.9 Å². The van der Waals surface area contributed by atoms with Gasteiger partial charge in [-0.1, -0.05) is 13.0 Å². The highest BCUT2D eigenvalue weighted by molar-refractivity contribution is 5.47. The van der Waals surface area contributed by atoms with Crippen LogP contribution < -0.4 is 10.1 Å². The second-order valence-electron chi connectivity index (χ2n) is 4.34. The van der Waals surface area contributed by atoms with Crippen molar-refractivity contribution in [3.05, 3.63) is 41.5 Å². The van der Waals surface area contributed by atoms with Gasteiger partial charge in [-0.05, 0) is 24.1 Å². The minimum atomic E-state index is -0.344. The number of hydrogen-bond acceptors (Lipinski definition) is 3. The molecule has 1 aromatic carbocycles. The van der Waals surface area contributed by atoms with Gasteiger partial charge in [0.25, 0.3) is 0 Å². The molecule has 0 fully saturated rings. The highest BCUT2D eigenvalue weighted by atomic mass is 19.1. The van der Waals surface area contributed by atoms with E-state index < -0.39 is 0 Å². The molecule has 1 N–H and O–H groups in total. The lowest BCUT2D eigenvalue weighted by Gasteiger charge is -2.07. The van der Waals surface area contributed by atoms with Gasteiger partial charge in [0.05, 0.1) is 18.5 Å². The molecule has 0 saturated heterocycles. The van der Waals surface area contributed by atoms with Gasteiger partial charge >= 0.3 is 0 Å². The zero-order chi connectivity index (χ0) is 13.8. The van der Waals surface area contributed by atoms with Crippen molar-refractivity contribution >= 4 is 5.69 Å². The zero-order valence-corrected chi connectivity index (χ0v) is 11.4. The Balaban J connectivity index is 2.07. The molecule has 5 heteroatoms. The van der Waals surface area contributed by atoms with Crippen molar-refractivity contribution in [1.29, 1.82) is 0 Å². The maximum atomic E-state index is 13.6. The Kier molecular flexibility index (Phi) is 4.04. The molecule has 0 aliphatic rings. The summed E-state index contributed by atoms with van der Waals surface area (Å²) in [6, 6.07) is 4.96. The third-order valence-corrected chi connectivity index (χ3v) is 2.94. The Labute approximate surface area is 112 Å². The summed E-state index contributed by atoms with van der Waals surface area (Å²) in [5.74, 6) is -0.0805. The summed E-state index contributed by atoms with van der Waals surface area (Å²) in [6.07, 6.45) is 2.79. The molecule has 0 spiro atoms. The number of benzene rings is 1. The van der Waals surface area contributed by atoms with Crippen LogP contribution in [-0.4, -0.2) is 16.9 Å². The molecule has 0 atom stereocenters. The Hall–Kier alpha value is -2.04. The molecular weight excluding hydrogens is 245 g/mol. The van der Waals surface area contributed by atoms with Crippen molar-refractivity contribution in [2.24, 2.45) is 7.05 Å². The lowest BCUT2D eigenvalue weighted by molar-refractivity contribution is 0.386. The van der Waals surface area contributed by atoms with E-state index in [-0.39, 0.29) is 11.6 Å². The number of nitrogens with zero attached hydrogens (tertiary/aromatic N) is 2. The number of hydrogen-bond donors (Lipinski definition) is 1. The lowest BCUT2D eigenvalue weighted by atomic mass is 10.2. The van der Waals surface area contributed by atoms with Crippen LogP contribution in [0.5, 0.6) is 5.75 Å². The van der Waals surface area contributed by atoms with Crippen LogP contribution in [0.3, 0.4) is 0 Å². The quantitative estimate of drug-likeness (QED) is 0.901. The zero-order valence-electron chi connectivity index (χ0n) is 11.4. The van der Waals surface area contributed by atoms with Crippen LogP contribution >= 0.6 is 0 Å². The number of ether oxygens (including phenoxy) is 1. The van der Waals surface area contributed by atoms with Gasteiger partial charge in [0.1, 0.15) is 0 Å². The summed E-state index contributed by atoms with van der Waals surface area (Å²) in [6.45, 7) is 2.61. The highest BCUT2D eigenvalue weighted by Crippen LogP contribution is 2.19. The largest absolute Gasteiger partial charge is 0.494 e. The molecule has 0 aliphatic heterocycles. The summed E-state index contributed by atoms with van der Waals surface area (Å²) in [4.78, 5) is 0. The minimum Gasteiger partial charge on any atom is -0.494 e. The molecule has 102 valence electrons. The van der Waals surface area contributed by atoms with E-state index >= 15 is 0 Å². The summed E-state index contributed by atoms with van der Waals surface area (Å²) < 4.78 is 20.2. The van der Waals surface area contributed by atoms with E-state index in [4.69, 9.17) is 4.74 Å². The van der Waals surface area contributed by atoms with Crippen LogP contribution in [0.4, 0.5) is 10.1 Å². The van der Waals surface area contributed by atoms with Gasteiger partial charge in [0.15, 0.2) is 11.6 Å². The molecule has 0 amide bonds. The average Bonchev–Trinajstić information content (AvgIpc) is 2.77. The molecule has 0 unspecified atom stereocenters. The molecule has 0 aliphatic carbocycles. The lowest BCUT2D eigenvalue weighted by Crippen LogP contribution is -2.01. The SMILES string of the molecule is CCc1nn(C)cc1NCc1ccc(OC)c(F)c1. The first-order valence-electron chi connectivity index (χ1n) is 6.22. The number of methoxy groups -OCH3 is 1. The number of aromatic nitrogens is 2. The standard InChI is InChI=1S/C14H18FN3O/c1-4-12-13(9-18(2)17-12)16-8-10-5-6-14(19-3)11(15)7-10/h5-7,9,16H,4,8H2,1-3H3. The van der Waals surface area contributed by atoms with Crippen molar-refractivity contribution in [3.8, 4) is 5.75 Å². The fraction of sp³-hybridized carbons (Fsp3) is 0.357. The molecule has 1 heterocycles. The van der Waals surface area contributed by atoms with E-state index in [0.717, 1.165) is 23.4 Å². The fourth-order valence-corrected chi connectivity index (χ4v) is 1.96. The first-order chi connectivity index (χ1) is 9.13. The molecule has 2 aromatic rings. The molecule has 1 aromatic heterocycles. The molecule has 4 nitrogen and oxygen atoms in total. The predicted octanol–water partition coefficient (Wildman–Crippen LogP) is 2.74. The second kappa shape index (κ2) is 5.73. The van der Waals surface area contributed by atoms with E-state index in [9.17, 15) is 4.39 Å². The van der Waals surface area contributed by atoms with Crippen LogP contribution in [0.15, 0.2) is 24.4 Å². The van der Waals surface area contributed by atoms with E-state index in [2.05, 4.69) is 17.3 Å². The summed E-state index contributed by atoms with van der Waals surface area (Å²) in [7, 11) is 3.34. The number of nitrogens with one attached hydrogen (secondary N) is 1. The van der Waals surface area contributed by atoms with Gasteiger partial charge in [-0.25, -0.2) is 4.39 Å². The van der Waals surface area contributed by atoms with E-state index in [1.807, 2.05) is 19.3 Å². The van der Waals surface area contributed by atoms with Gasteiger partial charge < -0.3 is 10.1 Å². The normalized spacial score (nSPS) is 10.5. The number of anilines is 1. The molecule has 0 radical (unpaired) electrons. The first-order valence-corrected chi connectivity index (χ1v) is 6.22. The van der Waals surface area contributed by atoms with Gasteiger partial charge in [-0.3, -0.25) is 4.68 Å². The topological polar surface area (TPSA) is 39.1 Å².